The van der Waals surface area contributed by atoms with Crippen LogP contribution in [-0.2, 0) is 12.8 Å². The van der Waals surface area contributed by atoms with Crippen molar-refractivity contribution in [1.82, 2.24) is 14.9 Å². The lowest BCUT2D eigenvalue weighted by Gasteiger charge is -2.24. The van der Waals surface area contributed by atoms with Crippen LogP contribution in [0.5, 0.6) is 0 Å². The summed E-state index contributed by atoms with van der Waals surface area (Å²) in [5.74, 6) is 0.734. The first-order valence-corrected chi connectivity index (χ1v) is 8.78. The zero-order chi connectivity index (χ0) is 14.4. The molecule has 2 aromatic rings. The summed E-state index contributed by atoms with van der Waals surface area (Å²) in [4.78, 5) is 19.9. The Morgan fingerprint density at radius 2 is 2.14 bits per heavy atom. The second kappa shape index (κ2) is 5.21. The van der Waals surface area contributed by atoms with Crippen molar-refractivity contribution in [3.8, 4) is 0 Å². The third-order valence-corrected chi connectivity index (χ3v) is 6.11. The van der Waals surface area contributed by atoms with Crippen LogP contribution in [0.2, 0.25) is 0 Å². The lowest BCUT2D eigenvalue weighted by atomic mass is 9.89. The third-order valence-electron chi connectivity index (χ3n) is 4.94. The fraction of sp³-hybridized carbons (Fsp3) is 0.625. The number of nitrogens with one attached hydrogen (secondary N) is 1. The van der Waals surface area contributed by atoms with Gasteiger partial charge in [-0.3, -0.25) is 9.36 Å². The molecular formula is C16H21N3OS. The quantitative estimate of drug-likeness (QED) is 0.880. The first-order chi connectivity index (χ1) is 10.2. The van der Waals surface area contributed by atoms with Crippen LogP contribution in [0.15, 0.2) is 11.1 Å². The van der Waals surface area contributed by atoms with E-state index in [4.69, 9.17) is 0 Å². The molecule has 2 aromatic heterocycles. The van der Waals surface area contributed by atoms with E-state index in [1.54, 1.807) is 17.7 Å². The van der Waals surface area contributed by atoms with Gasteiger partial charge in [0.15, 0.2) is 0 Å². The molecule has 0 saturated carbocycles. The van der Waals surface area contributed by atoms with Crippen LogP contribution in [-0.4, -0.2) is 22.6 Å². The second-order valence-corrected chi connectivity index (χ2v) is 7.55. The second-order valence-electron chi connectivity index (χ2n) is 6.47. The highest BCUT2D eigenvalue weighted by Gasteiger charge is 2.24. The average molecular weight is 303 g/mol. The number of hydrogen-bond donors (Lipinski definition) is 1. The van der Waals surface area contributed by atoms with Gasteiger partial charge in [0.25, 0.3) is 5.56 Å². The molecule has 1 aliphatic heterocycles. The number of rotatable bonds is 1. The van der Waals surface area contributed by atoms with Crippen molar-refractivity contribution < 1.29 is 0 Å². The van der Waals surface area contributed by atoms with Crippen LogP contribution in [0, 0.1) is 5.92 Å². The van der Waals surface area contributed by atoms with E-state index < -0.39 is 0 Å². The smallest absolute Gasteiger partial charge is 0.262 e. The summed E-state index contributed by atoms with van der Waals surface area (Å²) in [6, 6.07) is 0.314. The fourth-order valence-corrected chi connectivity index (χ4v) is 5.03. The Labute approximate surface area is 128 Å². The fourth-order valence-electron chi connectivity index (χ4n) is 3.69. The lowest BCUT2D eigenvalue weighted by Crippen LogP contribution is -2.34. The van der Waals surface area contributed by atoms with Crippen LogP contribution in [0.4, 0.5) is 0 Å². The Morgan fingerprint density at radius 3 is 2.95 bits per heavy atom. The molecule has 0 aromatic carbocycles. The highest BCUT2D eigenvalue weighted by atomic mass is 32.1. The first kappa shape index (κ1) is 13.5. The Morgan fingerprint density at radius 1 is 1.33 bits per heavy atom. The summed E-state index contributed by atoms with van der Waals surface area (Å²) in [5.41, 5.74) is 1.49. The third kappa shape index (κ3) is 2.23. The minimum Gasteiger partial charge on any atom is -0.317 e. The zero-order valence-corrected chi connectivity index (χ0v) is 13.2. The Kier molecular flexibility index (Phi) is 3.34. The molecule has 1 N–H and O–H groups in total. The maximum Gasteiger partial charge on any atom is 0.262 e. The number of aryl methyl sites for hydroxylation is 1. The highest BCUT2D eigenvalue weighted by Crippen LogP contribution is 2.35. The topological polar surface area (TPSA) is 46.9 Å². The first-order valence-electron chi connectivity index (χ1n) is 7.96. The van der Waals surface area contributed by atoms with E-state index in [0.717, 1.165) is 54.9 Å². The summed E-state index contributed by atoms with van der Waals surface area (Å²) in [5, 5.41) is 4.28. The van der Waals surface area contributed by atoms with E-state index in [-0.39, 0.29) is 5.56 Å². The van der Waals surface area contributed by atoms with Crippen LogP contribution in [0.25, 0.3) is 10.2 Å². The predicted molar refractivity (Wildman–Crippen MR) is 86.2 cm³/mol. The van der Waals surface area contributed by atoms with Gasteiger partial charge in [0.1, 0.15) is 4.83 Å². The number of fused-ring (bicyclic) bond motifs is 3. The molecule has 3 heterocycles. The standard InChI is InChI=1S/C16H21N3OS/c1-10-2-3-12-13(8-10)21-15-14(12)16(20)19(9-18-15)11-4-6-17-7-5-11/h9-11,17H,2-8H2,1H3/t10-/m0/s1. The van der Waals surface area contributed by atoms with E-state index in [1.807, 2.05) is 4.57 Å². The molecule has 0 amide bonds. The molecular weight excluding hydrogens is 282 g/mol. The largest absolute Gasteiger partial charge is 0.317 e. The van der Waals surface area contributed by atoms with Crippen molar-refractivity contribution in [2.75, 3.05) is 13.1 Å². The molecule has 1 saturated heterocycles. The van der Waals surface area contributed by atoms with Crippen LogP contribution >= 0.6 is 11.3 Å². The van der Waals surface area contributed by atoms with Gasteiger partial charge in [0, 0.05) is 10.9 Å². The number of hydrogen-bond acceptors (Lipinski definition) is 4. The molecule has 0 bridgehead atoms. The van der Waals surface area contributed by atoms with Crippen molar-refractivity contribution in [3.63, 3.8) is 0 Å². The molecule has 2 aliphatic rings. The minimum absolute atomic E-state index is 0.193. The number of thiophene rings is 1. The average Bonchev–Trinajstić information content (AvgIpc) is 2.86. The van der Waals surface area contributed by atoms with Gasteiger partial charge in [-0.25, -0.2) is 4.98 Å². The van der Waals surface area contributed by atoms with Gasteiger partial charge in [-0.2, -0.15) is 0 Å². The van der Waals surface area contributed by atoms with Gasteiger partial charge in [-0.15, -0.1) is 11.3 Å². The normalized spacial score (nSPS) is 23.4. The van der Waals surface area contributed by atoms with E-state index >= 15 is 0 Å². The monoisotopic (exact) mass is 303 g/mol. The van der Waals surface area contributed by atoms with Crippen LogP contribution in [0.1, 0.15) is 42.7 Å². The van der Waals surface area contributed by atoms with E-state index in [1.165, 1.54) is 16.9 Å². The zero-order valence-electron chi connectivity index (χ0n) is 12.4. The Hall–Kier alpha value is -1.20. The van der Waals surface area contributed by atoms with Gasteiger partial charge >= 0.3 is 0 Å². The van der Waals surface area contributed by atoms with Crippen molar-refractivity contribution >= 4 is 21.6 Å². The maximum atomic E-state index is 13.0. The summed E-state index contributed by atoms with van der Waals surface area (Å²) in [7, 11) is 0. The summed E-state index contributed by atoms with van der Waals surface area (Å²) in [6.07, 6.45) is 7.19. The molecule has 1 aliphatic carbocycles. The van der Waals surface area contributed by atoms with E-state index in [0.29, 0.717) is 6.04 Å². The summed E-state index contributed by atoms with van der Waals surface area (Å²) in [6.45, 7) is 4.29. The molecule has 5 heteroatoms. The maximum absolute atomic E-state index is 13.0. The SMILES string of the molecule is C[C@H]1CCc2c(sc3ncn(C4CCNCC4)c(=O)c23)C1. The highest BCUT2D eigenvalue weighted by molar-refractivity contribution is 7.18. The molecule has 112 valence electrons. The van der Waals surface area contributed by atoms with Crippen molar-refractivity contribution in [3.05, 3.63) is 27.1 Å². The molecule has 0 radical (unpaired) electrons. The van der Waals surface area contributed by atoms with Gasteiger partial charge in [-0.05, 0) is 56.7 Å². The summed E-state index contributed by atoms with van der Waals surface area (Å²) < 4.78 is 1.90. The molecule has 0 spiro atoms. The number of piperidine rings is 1. The molecule has 21 heavy (non-hydrogen) atoms. The molecule has 4 rings (SSSR count). The number of aromatic nitrogens is 2. The molecule has 1 fully saturated rings. The van der Waals surface area contributed by atoms with E-state index in [2.05, 4.69) is 17.2 Å². The van der Waals surface area contributed by atoms with Crippen LogP contribution < -0.4 is 10.9 Å². The van der Waals surface area contributed by atoms with Gasteiger partial charge < -0.3 is 5.32 Å². The number of nitrogens with zero attached hydrogens (tertiary/aromatic N) is 2. The molecule has 1 atom stereocenters. The van der Waals surface area contributed by atoms with Crippen molar-refractivity contribution in [2.45, 2.75) is 45.1 Å². The summed E-state index contributed by atoms with van der Waals surface area (Å²) >= 11 is 1.74. The van der Waals surface area contributed by atoms with E-state index in [9.17, 15) is 4.79 Å². The van der Waals surface area contributed by atoms with Crippen molar-refractivity contribution in [1.29, 1.82) is 0 Å². The molecule has 0 unspecified atom stereocenters. The predicted octanol–water partition coefficient (Wildman–Crippen LogP) is 2.51. The minimum atomic E-state index is 0.193. The lowest BCUT2D eigenvalue weighted by molar-refractivity contribution is 0.359. The van der Waals surface area contributed by atoms with Gasteiger partial charge in [0.05, 0.1) is 11.7 Å². The van der Waals surface area contributed by atoms with Gasteiger partial charge in [-0.1, -0.05) is 6.92 Å². The van der Waals surface area contributed by atoms with Gasteiger partial charge in [0.2, 0.25) is 0 Å². The Bertz CT molecular complexity index is 727. The molecule has 4 nitrogen and oxygen atoms in total. The van der Waals surface area contributed by atoms with Crippen LogP contribution in [0.3, 0.4) is 0 Å². The van der Waals surface area contributed by atoms with Crippen molar-refractivity contribution in [2.24, 2.45) is 5.92 Å². The Balaban J connectivity index is 1.84.